The number of carbonyl (C=O) groups excluding carboxylic acids is 1. The minimum absolute atomic E-state index is 0.171. The van der Waals surface area contributed by atoms with E-state index < -0.39 is 32.3 Å². The van der Waals surface area contributed by atoms with E-state index >= 15 is 0 Å². The van der Waals surface area contributed by atoms with Gasteiger partial charge in [0.05, 0.1) is 6.61 Å². The number of carboxylic acid groups (broad SMARTS) is 1. The van der Waals surface area contributed by atoms with Crippen LogP contribution in [0.1, 0.15) is 6.92 Å². The number of hydrogen-bond acceptors (Lipinski definition) is 4. The first kappa shape index (κ1) is 13.1. The highest BCUT2D eigenvalue weighted by atomic mass is 31.2. The largest absolute Gasteiger partial charge is 0.480 e. The van der Waals surface area contributed by atoms with Crippen LogP contribution in [0.25, 0.3) is 0 Å². The van der Waals surface area contributed by atoms with Gasteiger partial charge in [-0.25, -0.2) is 14.0 Å². The Kier molecular flexibility index (Phi) is 4.21. The van der Waals surface area contributed by atoms with Crippen LogP contribution in [-0.2, 0) is 14.2 Å². The molecule has 0 aliphatic carbocycles. The molecule has 0 heterocycles. The zero-order chi connectivity index (χ0) is 11.5. The molecule has 4 N–H and O–H groups in total. The third kappa shape index (κ3) is 3.08. The number of carboxylic acids is 1. The lowest BCUT2D eigenvalue weighted by atomic mass is 10.3. The van der Waals surface area contributed by atoms with E-state index in [1.807, 2.05) is 0 Å². The van der Waals surface area contributed by atoms with E-state index in [2.05, 4.69) is 0 Å². The summed E-state index contributed by atoms with van der Waals surface area (Å²) in [4.78, 5) is 38.5. The quantitative estimate of drug-likeness (QED) is 0.423. The molecule has 1 amide bonds. The Bertz CT molecular complexity index is 284. The lowest BCUT2D eigenvalue weighted by Crippen LogP contribution is -2.44. The average molecular weight is 227 g/mol. The second-order valence-electron chi connectivity index (χ2n) is 2.41. The molecule has 1 atom stereocenters. The monoisotopic (exact) mass is 227 g/mol. The van der Waals surface area contributed by atoms with E-state index in [1.54, 1.807) is 0 Å². The summed E-state index contributed by atoms with van der Waals surface area (Å²) in [7, 11) is -5.02. The highest BCUT2D eigenvalue weighted by Crippen LogP contribution is 2.41. The van der Waals surface area contributed by atoms with Crippen LogP contribution in [0.2, 0.25) is 0 Å². The van der Waals surface area contributed by atoms with Gasteiger partial charge in [-0.05, 0) is 0 Å². The van der Waals surface area contributed by atoms with Crippen LogP contribution >= 0.6 is 7.75 Å². The summed E-state index contributed by atoms with van der Waals surface area (Å²) >= 11 is 0. The fourth-order valence-electron chi connectivity index (χ4n) is 0.845. The molecule has 0 aliphatic rings. The second kappa shape index (κ2) is 4.52. The molecule has 0 aromatic heterocycles. The van der Waals surface area contributed by atoms with Gasteiger partial charge in [-0.15, -0.1) is 0 Å². The van der Waals surface area contributed by atoms with Gasteiger partial charge in [0.25, 0.3) is 0 Å². The summed E-state index contributed by atoms with van der Waals surface area (Å²) in [6.45, 7) is -0.273. The number of carbonyl (C=O) groups is 2. The maximum Gasteiger partial charge on any atom is 0.433 e. The van der Waals surface area contributed by atoms with Crippen molar-refractivity contribution in [3.63, 3.8) is 0 Å². The van der Waals surface area contributed by atoms with E-state index in [9.17, 15) is 14.2 Å². The van der Waals surface area contributed by atoms with Gasteiger partial charge in [0.2, 0.25) is 5.91 Å². The highest BCUT2D eigenvalue weighted by molar-refractivity contribution is 7.50. The molecule has 82 valence electrons. The molecular weight excluding hydrogens is 217 g/mol. The molecule has 0 aromatic rings. The molecule has 14 heavy (non-hydrogen) atoms. The van der Waals surface area contributed by atoms with Crippen molar-refractivity contribution in [2.75, 3.05) is 6.61 Å². The zero-order valence-electron chi connectivity index (χ0n) is 7.19. The van der Waals surface area contributed by atoms with E-state index in [0.29, 0.717) is 0 Å². The van der Waals surface area contributed by atoms with Crippen molar-refractivity contribution >= 4 is 19.6 Å². The molecular formula is C5H10NO7P. The first-order chi connectivity index (χ1) is 6.21. The summed E-state index contributed by atoms with van der Waals surface area (Å²) in [5.41, 5.74) is 0. The van der Waals surface area contributed by atoms with Crippen LogP contribution in [0.3, 0.4) is 0 Å². The number of aliphatic hydroxyl groups is 1. The molecule has 0 bridgehead atoms. The molecule has 0 aliphatic heterocycles. The summed E-state index contributed by atoms with van der Waals surface area (Å²) in [6, 6.07) is -1.94. The lowest BCUT2D eigenvalue weighted by Gasteiger charge is -2.26. The van der Waals surface area contributed by atoms with E-state index in [1.165, 1.54) is 0 Å². The predicted octanol–water partition coefficient (Wildman–Crippen LogP) is -1.63. The smallest absolute Gasteiger partial charge is 0.433 e. The first-order valence-corrected chi connectivity index (χ1v) is 4.97. The number of aliphatic hydroxyl groups excluding tert-OH is 1. The van der Waals surface area contributed by atoms with Gasteiger partial charge in [-0.2, -0.15) is 0 Å². The summed E-state index contributed by atoms with van der Waals surface area (Å²) < 4.78 is 10.5. The van der Waals surface area contributed by atoms with Crippen LogP contribution in [0.5, 0.6) is 0 Å². The molecule has 0 rings (SSSR count). The molecule has 0 fully saturated rings. The molecule has 8 nitrogen and oxygen atoms in total. The average Bonchev–Trinajstić information content (AvgIpc) is 1.95. The maximum atomic E-state index is 10.8. The van der Waals surface area contributed by atoms with Crippen molar-refractivity contribution in [2.24, 2.45) is 0 Å². The Labute approximate surface area is 79.0 Å². The molecule has 0 saturated heterocycles. The molecule has 0 radical (unpaired) electrons. The van der Waals surface area contributed by atoms with Gasteiger partial charge in [-0.3, -0.25) is 4.79 Å². The van der Waals surface area contributed by atoms with Crippen molar-refractivity contribution in [3.05, 3.63) is 0 Å². The normalized spacial score (nSPS) is 13.4. The standard InChI is InChI=1S/C5H10NO7P/c1-3(8)6(14(11,12)13)4(2-7)5(9)10/h4,7H,2H2,1H3,(H,9,10)(H2,11,12,13)/t4-/m0/s1. The number of nitrogens with zero attached hydrogens (tertiary/aromatic N) is 1. The van der Waals surface area contributed by atoms with Gasteiger partial charge in [0.1, 0.15) is 0 Å². The Morgan fingerprint density at radius 3 is 1.93 bits per heavy atom. The topological polar surface area (TPSA) is 135 Å². The molecule has 0 unspecified atom stereocenters. The predicted molar refractivity (Wildman–Crippen MR) is 43.1 cm³/mol. The Balaban J connectivity index is 5.10. The van der Waals surface area contributed by atoms with Crippen LogP contribution in [-0.4, -0.2) is 49.2 Å². The fraction of sp³-hybridized carbons (Fsp3) is 0.600. The van der Waals surface area contributed by atoms with E-state index in [4.69, 9.17) is 20.0 Å². The van der Waals surface area contributed by atoms with Crippen LogP contribution in [0.15, 0.2) is 0 Å². The minimum atomic E-state index is -5.02. The van der Waals surface area contributed by atoms with Gasteiger partial charge in [-0.1, -0.05) is 0 Å². The van der Waals surface area contributed by atoms with Crippen LogP contribution in [0.4, 0.5) is 0 Å². The molecule has 0 aromatic carbocycles. The van der Waals surface area contributed by atoms with Crippen molar-refractivity contribution in [3.8, 4) is 0 Å². The van der Waals surface area contributed by atoms with Crippen LogP contribution in [0, 0.1) is 0 Å². The maximum absolute atomic E-state index is 10.8. The lowest BCUT2D eigenvalue weighted by molar-refractivity contribution is -0.147. The van der Waals surface area contributed by atoms with Gasteiger partial charge >= 0.3 is 13.7 Å². The fourth-order valence-corrected chi connectivity index (χ4v) is 1.75. The van der Waals surface area contributed by atoms with Gasteiger partial charge in [0.15, 0.2) is 6.04 Å². The summed E-state index contributed by atoms with van der Waals surface area (Å²) in [5.74, 6) is -2.81. The third-order valence-electron chi connectivity index (χ3n) is 1.36. The van der Waals surface area contributed by atoms with Gasteiger partial charge in [0, 0.05) is 6.92 Å². The summed E-state index contributed by atoms with van der Waals surface area (Å²) in [5, 5.41) is 17.0. The van der Waals surface area contributed by atoms with Crippen molar-refractivity contribution < 1.29 is 34.2 Å². The minimum Gasteiger partial charge on any atom is -0.480 e. The van der Waals surface area contributed by atoms with Gasteiger partial charge < -0.3 is 20.0 Å². The second-order valence-corrected chi connectivity index (χ2v) is 3.87. The van der Waals surface area contributed by atoms with E-state index in [0.717, 1.165) is 6.92 Å². The van der Waals surface area contributed by atoms with Crippen molar-refractivity contribution in [2.45, 2.75) is 13.0 Å². The molecule has 0 saturated carbocycles. The Morgan fingerprint density at radius 2 is 1.86 bits per heavy atom. The number of rotatable bonds is 4. The molecule has 0 spiro atoms. The summed E-state index contributed by atoms with van der Waals surface area (Å²) in [6.07, 6.45) is 0. The highest BCUT2D eigenvalue weighted by Gasteiger charge is 2.38. The Morgan fingerprint density at radius 1 is 1.43 bits per heavy atom. The zero-order valence-corrected chi connectivity index (χ0v) is 8.09. The molecule has 9 heteroatoms. The number of hydrogen-bond donors (Lipinski definition) is 4. The van der Waals surface area contributed by atoms with E-state index in [-0.39, 0.29) is 4.67 Å². The van der Waals surface area contributed by atoms with Crippen LogP contribution < -0.4 is 0 Å². The first-order valence-electron chi connectivity index (χ1n) is 3.41. The SMILES string of the molecule is CC(=O)N([C@@H](CO)C(=O)O)P(=O)(O)O. The van der Waals surface area contributed by atoms with Crippen molar-refractivity contribution in [1.82, 2.24) is 4.67 Å². The number of aliphatic carboxylic acids is 1. The van der Waals surface area contributed by atoms with Crippen molar-refractivity contribution in [1.29, 1.82) is 0 Å². The third-order valence-corrected chi connectivity index (χ3v) is 2.48. The number of amides is 1. The Hall–Kier alpha value is -0.950.